The van der Waals surface area contributed by atoms with Crippen LogP contribution in [0.4, 0.5) is 5.82 Å². The minimum atomic E-state index is 0.469. The van der Waals surface area contributed by atoms with Crippen LogP contribution in [0.2, 0.25) is 0 Å². The molecule has 20 heavy (non-hydrogen) atoms. The molecule has 6 heteroatoms. The van der Waals surface area contributed by atoms with Gasteiger partial charge in [-0.3, -0.25) is 4.68 Å². The van der Waals surface area contributed by atoms with Gasteiger partial charge in [0.2, 0.25) is 0 Å². The summed E-state index contributed by atoms with van der Waals surface area (Å²) in [7, 11) is 0. The first-order valence-electron chi connectivity index (χ1n) is 7.33. The molecule has 0 bridgehead atoms. The Kier molecular flexibility index (Phi) is 2.86. The van der Waals surface area contributed by atoms with Crippen LogP contribution in [0.15, 0.2) is 19.0 Å². The Morgan fingerprint density at radius 3 is 3.05 bits per heavy atom. The molecular weight excluding hydrogens is 252 g/mol. The van der Waals surface area contributed by atoms with Crippen LogP contribution in [-0.4, -0.2) is 37.3 Å². The van der Waals surface area contributed by atoms with Crippen molar-refractivity contribution in [3.05, 3.63) is 30.2 Å². The first kappa shape index (κ1) is 11.8. The van der Waals surface area contributed by atoms with E-state index >= 15 is 0 Å². The van der Waals surface area contributed by atoms with Crippen molar-refractivity contribution in [2.75, 3.05) is 11.4 Å². The van der Waals surface area contributed by atoms with E-state index in [2.05, 4.69) is 25.0 Å². The highest BCUT2D eigenvalue weighted by molar-refractivity contribution is 5.51. The van der Waals surface area contributed by atoms with E-state index in [-0.39, 0.29) is 0 Å². The van der Waals surface area contributed by atoms with Gasteiger partial charge >= 0.3 is 0 Å². The minimum Gasteiger partial charge on any atom is -0.351 e. The number of anilines is 1. The van der Waals surface area contributed by atoms with Crippen LogP contribution in [0.1, 0.15) is 30.5 Å². The normalized spacial score (nSPS) is 21.4. The van der Waals surface area contributed by atoms with Crippen LogP contribution in [-0.2, 0) is 19.4 Å². The zero-order chi connectivity index (χ0) is 13.4. The molecule has 6 nitrogen and oxygen atoms in total. The highest BCUT2D eigenvalue weighted by atomic mass is 15.3. The number of nitrogens with zero attached hydrogens (tertiary/aromatic N) is 6. The van der Waals surface area contributed by atoms with Crippen molar-refractivity contribution >= 4 is 5.82 Å². The fourth-order valence-electron chi connectivity index (χ4n) is 3.44. The Hall–Kier alpha value is -1.98. The van der Waals surface area contributed by atoms with Crippen LogP contribution < -0.4 is 4.90 Å². The molecule has 0 aromatic carbocycles. The molecule has 0 unspecified atom stereocenters. The highest BCUT2D eigenvalue weighted by Gasteiger charge is 2.30. The predicted octanol–water partition coefficient (Wildman–Crippen LogP) is 1.23. The summed E-state index contributed by atoms with van der Waals surface area (Å²) in [6, 6.07) is 0.469. The largest absolute Gasteiger partial charge is 0.351 e. The average molecular weight is 270 g/mol. The molecule has 0 amide bonds. The van der Waals surface area contributed by atoms with E-state index in [4.69, 9.17) is 0 Å². The maximum absolute atomic E-state index is 4.58. The van der Waals surface area contributed by atoms with Gasteiger partial charge in [-0.2, -0.15) is 5.10 Å². The molecule has 1 atom stereocenters. The lowest BCUT2D eigenvalue weighted by molar-refractivity contribution is 0.505. The zero-order valence-electron chi connectivity index (χ0n) is 11.4. The molecule has 1 aliphatic carbocycles. The summed E-state index contributed by atoms with van der Waals surface area (Å²) in [5.74, 6) is 1.16. The monoisotopic (exact) mass is 270 g/mol. The Balaban J connectivity index is 1.62. The number of aromatic nitrogens is 5. The third-order valence-corrected chi connectivity index (χ3v) is 4.37. The van der Waals surface area contributed by atoms with Crippen molar-refractivity contribution in [1.82, 2.24) is 24.7 Å². The molecule has 0 N–H and O–H groups in total. The molecule has 2 aliphatic rings. The fourth-order valence-corrected chi connectivity index (χ4v) is 3.44. The number of rotatable bonds is 3. The number of hydrogen-bond acceptors (Lipinski definition) is 5. The third kappa shape index (κ3) is 1.95. The van der Waals surface area contributed by atoms with E-state index in [1.165, 1.54) is 30.5 Å². The Morgan fingerprint density at radius 1 is 1.15 bits per heavy atom. The van der Waals surface area contributed by atoms with Crippen molar-refractivity contribution in [3.8, 4) is 0 Å². The molecular formula is C14H18N6. The Labute approximate surface area is 117 Å². The molecule has 1 fully saturated rings. The topological polar surface area (TPSA) is 59.7 Å². The standard InChI is InChI=1S/C14H18N6/c1-4-12-13(5-1)16-9-17-14(12)20-6-2-3-11(20)7-19-10-15-8-18-19/h8-11H,1-7H2/t11-/m0/s1. The van der Waals surface area contributed by atoms with Crippen LogP contribution in [0.25, 0.3) is 0 Å². The van der Waals surface area contributed by atoms with Crippen molar-refractivity contribution in [3.63, 3.8) is 0 Å². The van der Waals surface area contributed by atoms with Gasteiger partial charge in [-0.1, -0.05) is 0 Å². The minimum absolute atomic E-state index is 0.469. The molecule has 104 valence electrons. The number of hydrogen-bond donors (Lipinski definition) is 0. The molecule has 1 aliphatic heterocycles. The van der Waals surface area contributed by atoms with Gasteiger partial charge in [0.1, 0.15) is 24.8 Å². The molecule has 0 spiro atoms. The van der Waals surface area contributed by atoms with Gasteiger partial charge < -0.3 is 4.90 Å². The zero-order valence-corrected chi connectivity index (χ0v) is 11.4. The van der Waals surface area contributed by atoms with Crippen LogP contribution in [0.3, 0.4) is 0 Å². The van der Waals surface area contributed by atoms with Gasteiger partial charge in [-0.25, -0.2) is 15.0 Å². The maximum Gasteiger partial charge on any atom is 0.137 e. The molecule has 4 rings (SSSR count). The van der Waals surface area contributed by atoms with Crippen LogP contribution in [0.5, 0.6) is 0 Å². The first-order chi connectivity index (χ1) is 9.92. The van der Waals surface area contributed by atoms with Crippen molar-refractivity contribution in [2.45, 2.75) is 44.7 Å². The highest BCUT2D eigenvalue weighted by Crippen LogP contribution is 2.32. The quantitative estimate of drug-likeness (QED) is 0.839. The summed E-state index contributed by atoms with van der Waals surface area (Å²) >= 11 is 0. The van der Waals surface area contributed by atoms with Crippen molar-refractivity contribution in [2.24, 2.45) is 0 Å². The second kappa shape index (κ2) is 4.85. The maximum atomic E-state index is 4.58. The summed E-state index contributed by atoms with van der Waals surface area (Å²) in [6.07, 6.45) is 11.0. The van der Waals surface area contributed by atoms with E-state index < -0.39 is 0 Å². The first-order valence-corrected chi connectivity index (χ1v) is 7.33. The van der Waals surface area contributed by atoms with Crippen molar-refractivity contribution in [1.29, 1.82) is 0 Å². The summed E-state index contributed by atoms with van der Waals surface area (Å²) in [4.78, 5) is 15.5. The molecule has 2 aromatic heterocycles. The lowest BCUT2D eigenvalue weighted by Crippen LogP contribution is -2.34. The lowest BCUT2D eigenvalue weighted by Gasteiger charge is -2.27. The summed E-state index contributed by atoms with van der Waals surface area (Å²) in [5, 5.41) is 4.23. The second-order valence-electron chi connectivity index (χ2n) is 5.58. The lowest BCUT2D eigenvalue weighted by atomic mass is 10.2. The van der Waals surface area contributed by atoms with Gasteiger partial charge in [0.25, 0.3) is 0 Å². The van der Waals surface area contributed by atoms with Gasteiger partial charge in [0.05, 0.1) is 12.6 Å². The van der Waals surface area contributed by atoms with Crippen LogP contribution in [0, 0.1) is 0 Å². The van der Waals surface area contributed by atoms with Gasteiger partial charge in [0.15, 0.2) is 0 Å². The van der Waals surface area contributed by atoms with E-state index in [1.807, 2.05) is 4.68 Å². The molecule has 0 saturated carbocycles. The smallest absolute Gasteiger partial charge is 0.137 e. The summed E-state index contributed by atoms with van der Waals surface area (Å²) in [5.41, 5.74) is 2.62. The molecule has 0 radical (unpaired) electrons. The van der Waals surface area contributed by atoms with E-state index in [0.717, 1.165) is 31.7 Å². The van der Waals surface area contributed by atoms with Crippen LogP contribution >= 0.6 is 0 Å². The Morgan fingerprint density at radius 2 is 2.15 bits per heavy atom. The van der Waals surface area contributed by atoms with E-state index in [9.17, 15) is 0 Å². The second-order valence-corrected chi connectivity index (χ2v) is 5.58. The fraction of sp³-hybridized carbons (Fsp3) is 0.571. The van der Waals surface area contributed by atoms with Gasteiger partial charge in [-0.15, -0.1) is 0 Å². The predicted molar refractivity (Wildman–Crippen MR) is 74.4 cm³/mol. The van der Waals surface area contributed by atoms with Gasteiger partial charge in [-0.05, 0) is 32.1 Å². The van der Waals surface area contributed by atoms with E-state index in [1.54, 1.807) is 19.0 Å². The summed E-state index contributed by atoms with van der Waals surface area (Å²) < 4.78 is 1.92. The van der Waals surface area contributed by atoms with E-state index in [0.29, 0.717) is 6.04 Å². The summed E-state index contributed by atoms with van der Waals surface area (Å²) in [6.45, 7) is 1.97. The third-order valence-electron chi connectivity index (χ3n) is 4.37. The number of aryl methyl sites for hydroxylation is 1. The van der Waals surface area contributed by atoms with Crippen molar-refractivity contribution < 1.29 is 0 Å². The molecule has 2 aromatic rings. The number of fused-ring (bicyclic) bond motifs is 1. The SMILES string of the molecule is c1nc2c(c(N3CCC[C@H]3Cn3cncn3)n1)CCC2. The molecule has 3 heterocycles. The molecule has 1 saturated heterocycles. The van der Waals surface area contributed by atoms with Gasteiger partial charge in [0, 0.05) is 17.8 Å². The average Bonchev–Trinajstić information content (AvgIpc) is 3.19. The Bertz CT molecular complexity index is 594.